The summed E-state index contributed by atoms with van der Waals surface area (Å²) in [6.07, 6.45) is 1.34. The molecule has 0 bridgehead atoms. The molecule has 43 heavy (non-hydrogen) atoms. The van der Waals surface area contributed by atoms with Crippen molar-refractivity contribution >= 4 is 16.9 Å². The van der Waals surface area contributed by atoms with Gasteiger partial charge in [-0.3, -0.25) is 14.2 Å². The summed E-state index contributed by atoms with van der Waals surface area (Å²) < 4.78 is 30.2. The van der Waals surface area contributed by atoms with Crippen LogP contribution >= 0.6 is 0 Å². The van der Waals surface area contributed by atoms with Crippen molar-refractivity contribution in [3.63, 3.8) is 0 Å². The molecule has 0 spiro atoms. The number of fused-ring (bicyclic) bond motifs is 1. The fourth-order valence-corrected chi connectivity index (χ4v) is 2.91. The molecule has 0 N–H and O–H groups in total. The van der Waals surface area contributed by atoms with Gasteiger partial charge in [0.15, 0.2) is 18.2 Å². The Morgan fingerprint density at radius 1 is 0.721 bits per heavy atom. The first-order valence-corrected chi connectivity index (χ1v) is 12.1. The zero-order valence-electron chi connectivity index (χ0n) is 27.6. The second kappa shape index (κ2) is 22.0. The zero-order chi connectivity index (χ0) is 28.6. The average molecular weight is 1050 g/mol. The SMILES string of the molecule is [CH2-]OC(C)(C)C(C)(C)Oc1cc2ncn(COC(=O)C(C)(C)C)c(=O)c2cc1OC(C)(C)C(C)(C)O[CH2-].[Y].[Y].[Y].[Y].[Y].[Y]. The molecule has 0 saturated carbocycles. The number of rotatable bonds is 10. The van der Waals surface area contributed by atoms with Gasteiger partial charge in [-0.05, 0) is 82.2 Å². The Morgan fingerprint density at radius 3 is 1.49 bits per heavy atom. The average Bonchev–Trinajstić information content (AvgIpc) is 2.77. The molecule has 0 atom stereocenters. The number of aromatic nitrogens is 2. The smallest absolute Gasteiger partial charge is 0.312 e. The van der Waals surface area contributed by atoms with Gasteiger partial charge in [-0.1, -0.05) is 0 Å². The van der Waals surface area contributed by atoms with Gasteiger partial charge >= 0.3 is 5.97 Å². The molecule has 0 unspecified atom stereocenters. The Labute approximate surface area is 408 Å². The normalized spacial score (nSPS) is 11.7. The number of hydrogen-bond donors (Lipinski definition) is 0. The van der Waals surface area contributed by atoms with Crippen molar-refractivity contribution in [1.82, 2.24) is 9.55 Å². The van der Waals surface area contributed by atoms with E-state index in [0.717, 1.165) is 0 Å². The predicted octanol–water partition coefficient (Wildman–Crippen LogP) is 5.42. The number of benzene rings is 1. The van der Waals surface area contributed by atoms with Crippen molar-refractivity contribution in [2.45, 2.75) is 105 Å². The maximum absolute atomic E-state index is 13.3. The number of nitrogens with zero attached hydrogens (tertiary/aromatic N) is 2. The summed E-state index contributed by atoms with van der Waals surface area (Å²) >= 11 is 0. The number of hydrogen-bond acceptors (Lipinski definition) is 8. The molecule has 2 aromatic rings. The van der Waals surface area contributed by atoms with Crippen LogP contribution < -0.4 is 15.0 Å². The van der Waals surface area contributed by atoms with E-state index in [0.29, 0.717) is 17.0 Å². The Kier molecular flexibility index (Phi) is 28.9. The first kappa shape index (κ1) is 56.4. The molecule has 0 aliphatic rings. The van der Waals surface area contributed by atoms with Gasteiger partial charge < -0.3 is 23.7 Å². The largest absolute Gasteiger partial charge is 0.548 e. The predicted molar refractivity (Wildman–Crippen MR) is 142 cm³/mol. The van der Waals surface area contributed by atoms with Crippen LogP contribution in [-0.2, 0) is 222 Å². The molecule has 0 saturated heterocycles. The third kappa shape index (κ3) is 14.6. The van der Waals surface area contributed by atoms with E-state index >= 15 is 0 Å². The fourth-order valence-electron chi connectivity index (χ4n) is 2.91. The van der Waals surface area contributed by atoms with E-state index in [1.165, 1.54) is 10.9 Å². The van der Waals surface area contributed by atoms with Crippen LogP contribution in [0.15, 0.2) is 23.3 Å². The van der Waals surface area contributed by atoms with E-state index in [-0.39, 0.29) is 208 Å². The Morgan fingerprint density at radius 2 is 1.12 bits per heavy atom. The van der Waals surface area contributed by atoms with Crippen LogP contribution in [0.1, 0.15) is 76.2 Å². The van der Waals surface area contributed by atoms with Gasteiger partial charge in [-0.25, -0.2) is 19.2 Å². The van der Waals surface area contributed by atoms with E-state index < -0.39 is 39.3 Å². The van der Waals surface area contributed by atoms with Crippen LogP contribution in [0, 0.1) is 19.6 Å². The molecule has 0 amide bonds. The minimum absolute atomic E-state index is 0. The van der Waals surface area contributed by atoms with E-state index in [2.05, 4.69) is 19.2 Å². The molecular formula is C28H42N2O7Y6-2. The molecule has 1 aromatic heterocycles. The van der Waals surface area contributed by atoms with Crippen LogP contribution in [0.4, 0.5) is 0 Å². The number of ether oxygens (including phenoxy) is 5. The molecule has 226 valence electrons. The number of esters is 1. The molecule has 0 aliphatic carbocycles. The van der Waals surface area contributed by atoms with Crippen molar-refractivity contribution < 1.29 is 225 Å². The second-order valence-electron chi connectivity index (χ2n) is 12.2. The van der Waals surface area contributed by atoms with Gasteiger partial charge in [0.25, 0.3) is 5.56 Å². The molecule has 2 rings (SSSR count). The van der Waals surface area contributed by atoms with Gasteiger partial charge in [0.05, 0.1) is 27.5 Å². The summed E-state index contributed by atoms with van der Waals surface area (Å²) in [6, 6.07) is 3.23. The van der Waals surface area contributed by atoms with Crippen molar-refractivity contribution in [3.8, 4) is 11.5 Å². The molecule has 0 aliphatic heterocycles. The molecule has 1 heterocycles. The van der Waals surface area contributed by atoms with E-state index in [1.54, 1.807) is 32.9 Å². The topological polar surface area (TPSA) is 98.1 Å². The Balaban J connectivity index is -0.000000802. The summed E-state index contributed by atoms with van der Waals surface area (Å²) in [7, 11) is 7.16. The maximum atomic E-state index is 13.3. The molecular weight excluding hydrogens is 1010 g/mol. The van der Waals surface area contributed by atoms with Gasteiger partial charge in [0, 0.05) is 202 Å². The summed E-state index contributed by atoms with van der Waals surface area (Å²) in [4.78, 5) is 30.0. The van der Waals surface area contributed by atoms with Crippen molar-refractivity contribution in [2.75, 3.05) is 0 Å². The first-order valence-electron chi connectivity index (χ1n) is 12.1. The third-order valence-electron chi connectivity index (χ3n) is 7.19. The summed E-state index contributed by atoms with van der Waals surface area (Å²) in [5.41, 5.74) is -3.99. The summed E-state index contributed by atoms with van der Waals surface area (Å²) in [6.45, 7) is 19.8. The molecule has 6 radical (unpaired) electrons. The van der Waals surface area contributed by atoms with Gasteiger partial charge in [0.2, 0.25) is 0 Å². The van der Waals surface area contributed by atoms with Crippen molar-refractivity contribution in [1.29, 1.82) is 0 Å². The van der Waals surface area contributed by atoms with Crippen LogP contribution in [0.25, 0.3) is 10.9 Å². The minimum atomic E-state index is -0.882. The monoisotopic (exact) mass is 1050 g/mol. The van der Waals surface area contributed by atoms with Crippen molar-refractivity contribution in [3.05, 3.63) is 43.0 Å². The molecule has 15 heteroatoms. The quantitative estimate of drug-likeness (QED) is 0.230. The molecule has 0 fully saturated rings. The Hall–Kier alpha value is 3.97. The van der Waals surface area contributed by atoms with E-state index in [1.807, 2.05) is 55.4 Å². The number of carbonyl (C=O) groups excluding carboxylic acids is 1. The fraction of sp³-hybridized carbons (Fsp3) is 0.607. The second-order valence-corrected chi connectivity index (χ2v) is 12.2. The standard InChI is InChI=1S/C28H42N2O7.6Y/c1-24(2,3)23(32)35-17-30-16-29-19-15-21(37-28(10,11)26(6,7)34-13)20(14-18(19)22(30)31)36-27(8,9)25(4,5)33-12;;;;;;/h14-16H,12-13,17H2,1-11H3;;;;;;/q-2;;;;;;. The van der Waals surface area contributed by atoms with E-state index in [9.17, 15) is 9.59 Å². The van der Waals surface area contributed by atoms with E-state index in [4.69, 9.17) is 23.7 Å². The van der Waals surface area contributed by atoms with Gasteiger partial charge in [-0.15, -0.1) is 0 Å². The van der Waals surface area contributed by atoms with Crippen molar-refractivity contribution in [2.24, 2.45) is 5.41 Å². The minimum Gasteiger partial charge on any atom is -0.548 e. The maximum Gasteiger partial charge on any atom is 0.312 e. The molecule has 1 aromatic carbocycles. The first-order chi connectivity index (χ1) is 16.7. The zero-order valence-corrected chi connectivity index (χ0v) is 44.6. The summed E-state index contributed by atoms with van der Waals surface area (Å²) in [5.74, 6) is 0.236. The molecule has 9 nitrogen and oxygen atoms in total. The van der Waals surface area contributed by atoms with Crippen LogP contribution in [0.5, 0.6) is 11.5 Å². The van der Waals surface area contributed by atoms with Crippen LogP contribution in [-0.4, -0.2) is 37.9 Å². The van der Waals surface area contributed by atoms with Gasteiger partial charge in [0.1, 0.15) is 17.5 Å². The number of carbonyl (C=O) groups is 1. The summed E-state index contributed by atoms with van der Waals surface area (Å²) in [5, 5.41) is 0.270. The van der Waals surface area contributed by atoms with Crippen LogP contribution in [0.3, 0.4) is 0 Å². The van der Waals surface area contributed by atoms with Gasteiger partial charge in [-0.2, -0.15) is 0 Å². The third-order valence-corrected chi connectivity index (χ3v) is 7.19. The van der Waals surface area contributed by atoms with Crippen LogP contribution in [0.2, 0.25) is 0 Å². The Bertz CT molecular complexity index is 1210.